The molecule has 1 aliphatic carbocycles. The van der Waals surface area contributed by atoms with Crippen molar-refractivity contribution in [2.24, 2.45) is 5.92 Å². The molecule has 16 heavy (non-hydrogen) atoms. The Morgan fingerprint density at radius 2 is 2.25 bits per heavy atom. The van der Waals surface area contributed by atoms with Gasteiger partial charge in [-0.15, -0.1) is 0 Å². The molecule has 94 valence electrons. The van der Waals surface area contributed by atoms with Gasteiger partial charge in [0.2, 0.25) is 0 Å². The van der Waals surface area contributed by atoms with Crippen molar-refractivity contribution in [1.82, 2.24) is 10.6 Å². The lowest BCUT2D eigenvalue weighted by molar-refractivity contribution is 0.0978. The molecule has 2 rings (SSSR count). The maximum atomic E-state index is 9.65. The highest BCUT2D eigenvalue weighted by atomic mass is 16.3. The number of hydrogen-bond donors (Lipinski definition) is 3. The van der Waals surface area contributed by atoms with Crippen LogP contribution < -0.4 is 10.6 Å². The Balaban J connectivity index is 1.83. The molecule has 2 fully saturated rings. The number of nitrogens with one attached hydrogen (secondary N) is 2. The Morgan fingerprint density at radius 1 is 1.38 bits per heavy atom. The molecule has 3 nitrogen and oxygen atoms in total. The van der Waals surface area contributed by atoms with E-state index in [1.54, 1.807) is 0 Å². The van der Waals surface area contributed by atoms with Crippen LogP contribution in [0.25, 0.3) is 0 Å². The summed E-state index contributed by atoms with van der Waals surface area (Å²) in [6.45, 7) is 4.78. The zero-order valence-corrected chi connectivity index (χ0v) is 10.5. The molecule has 0 amide bonds. The zero-order chi connectivity index (χ0) is 11.4. The molecule has 0 aromatic heterocycles. The van der Waals surface area contributed by atoms with Gasteiger partial charge in [0, 0.05) is 18.1 Å². The zero-order valence-electron chi connectivity index (χ0n) is 10.5. The first-order valence-corrected chi connectivity index (χ1v) is 6.83. The van der Waals surface area contributed by atoms with Crippen LogP contribution in [0.3, 0.4) is 0 Å². The van der Waals surface area contributed by atoms with Crippen molar-refractivity contribution >= 4 is 0 Å². The second-order valence-corrected chi connectivity index (χ2v) is 5.81. The second-order valence-electron chi connectivity index (χ2n) is 5.81. The Hall–Kier alpha value is -0.120. The van der Waals surface area contributed by atoms with Gasteiger partial charge in [0.15, 0.2) is 0 Å². The first-order chi connectivity index (χ1) is 7.74. The first kappa shape index (κ1) is 12.3. The van der Waals surface area contributed by atoms with Crippen LogP contribution in [0, 0.1) is 5.92 Å². The summed E-state index contributed by atoms with van der Waals surface area (Å²) in [4.78, 5) is 0. The Kier molecular flexibility index (Phi) is 4.22. The van der Waals surface area contributed by atoms with Crippen LogP contribution in [0.2, 0.25) is 0 Å². The minimum atomic E-state index is 0.0158. The van der Waals surface area contributed by atoms with E-state index in [0.717, 1.165) is 31.8 Å². The number of rotatable bonds is 4. The maximum Gasteiger partial charge on any atom is 0.0613 e. The van der Waals surface area contributed by atoms with Crippen LogP contribution in [0.5, 0.6) is 0 Å². The molecule has 1 aliphatic heterocycles. The molecule has 3 unspecified atom stereocenters. The first-order valence-electron chi connectivity index (χ1n) is 6.83. The molecule has 3 atom stereocenters. The standard InChI is InChI=1S/C13H26N2O/c1-11-4-2-6-13(8-11,10-16)15-9-12-5-3-7-14-12/h11-12,14-16H,2-10H2,1H3. The molecule has 0 aromatic rings. The van der Waals surface area contributed by atoms with Gasteiger partial charge in [-0.25, -0.2) is 0 Å². The van der Waals surface area contributed by atoms with E-state index in [1.807, 2.05) is 0 Å². The van der Waals surface area contributed by atoms with Crippen LogP contribution in [-0.2, 0) is 0 Å². The van der Waals surface area contributed by atoms with Crippen LogP contribution in [0.15, 0.2) is 0 Å². The van der Waals surface area contributed by atoms with E-state index < -0.39 is 0 Å². The van der Waals surface area contributed by atoms with E-state index in [4.69, 9.17) is 0 Å². The SMILES string of the molecule is CC1CCCC(CO)(NCC2CCCN2)C1. The lowest BCUT2D eigenvalue weighted by Crippen LogP contribution is -2.54. The number of aliphatic hydroxyl groups excluding tert-OH is 1. The summed E-state index contributed by atoms with van der Waals surface area (Å²) in [6, 6.07) is 0.626. The molecule has 1 saturated carbocycles. The van der Waals surface area contributed by atoms with Gasteiger partial charge in [0.25, 0.3) is 0 Å². The van der Waals surface area contributed by atoms with E-state index >= 15 is 0 Å². The van der Waals surface area contributed by atoms with Crippen molar-refractivity contribution in [3.05, 3.63) is 0 Å². The molecule has 0 bridgehead atoms. The van der Waals surface area contributed by atoms with Gasteiger partial charge in [-0.05, 0) is 38.1 Å². The lowest BCUT2D eigenvalue weighted by Gasteiger charge is -2.40. The van der Waals surface area contributed by atoms with Crippen LogP contribution in [0.1, 0.15) is 45.4 Å². The summed E-state index contributed by atoms with van der Waals surface area (Å²) in [7, 11) is 0. The molecule has 0 aromatic carbocycles. The molecular weight excluding hydrogens is 200 g/mol. The third-order valence-electron chi connectivity index (χ3n) is 4.28. The van der Waals surface area contributed by atoms with Crippen LogP contribution in [0.4, 0.5) is 0 Å². The topological polar surface area (TPSA) is 44.3 Å². The summed E-state index contributed by atoms with van der Waals surface area (Å²) in [6.07, 6.45) is 7.44. The van der Waals surface area contributed by atoms with Crippen molar-refractivity contribution in [2.45, 2.75) is 57.0 Å². The van der Waals surface area contributed by atoms with Gasteiger partial charge in [-0.3, -0.25) is 0 Å². The van der Waals surface area contributed by atoms with Gasteiger partial charge in [-0.1, -0.05) is 19.8 Å². The molecule has 1 heterocycles. The maximum absolute atomic E-state index is 9.65. The van der Waals surface area contributed by atoms with Crippen molar-refractivity contribution in [2.75, 3.05) is 19.7 Å². The average molecular weight is 226 g/mol. The fourth-order valence-corrected chi connectivity index (χ4v) is 3.29. The fourth-order valence-electron chi connectivity index (χ4n) is 3.29. The largest absolute Gasteiger partial charge is 0.394 e. The van der Waals surface area contributed by atoms with Crippen molar-refractivity contribution in [3.8, 4) is 0 Å². The average Bonchev–Trinajstić information content (AvgIpc) is 2.79. The number of hydrogen-bond acceptors (Lipinski definition) is 3. The Morgan fingerprint density at radius 3 is 2.88 bits per heavy atom. The van der Waals surface area contributed by atoms with Crippen LogP contribution in [-0.4, -0.2) is 36.4 Å². The van der Waals surface area contributed by atoms with Gasteiger partial charge < -0.3 is 15.7 Å². The van der Waals surface area contributed by atoms with E-state index in [2.05, 4.69) is 17.6 Å². The molecule has 3 heteroatoms. The van der Waals surface area contributed by atoms with Crippen LogP contribution >= 0.6 is 0 Å². The van der Waals surface area contributed by atoms with E-state index in [1.165, 1.54) is 25.7 Å². The van der Waals surface area contributed by atoms with Gasteiger partial charge >= 0.3 is 0 Å². The number of aliphatic hydroxyl groups is 1. The smallest absolute Gasteiger partial charge is 0.0613 e. The van der Waals surface area contributed by atoms with Gasteiger partial charge in [0.05, 0.1) is 6.61 Å². The lowest BCUT2D eigenvalue weighted by atomic mass is 9.76. The minimum Gasteiger partial charge on any atom is -0.394 e. The van der Waals surface area contributed by atoms with Crippen molar-refractivity contribution in [3.63, 3.8) is 0 Å². The summed E-state index contributed by atoms with van der Waals surface area (Å²) in [5.74, 6) is 0.755. The Bertz CT molecular complexity index is 216. The van der Waals surface area contributed by atoms with Crippen molar-refractivity contribution in [1.29, 1.82) is 0 Å². The summed E-state index contributed by atoms with van der Waals surface area (Å²) >= 11 is 0. The highest BCUT2D eigenvalue weighted by molar-refractivity contribution is 4.94. The monoisotopic (exact) mass is 226 g/mol. The normalized spacial score (nSPS) is 40.1. The molecule has 0 radical (unpaired) electrons. The quantitative estimate of drug-likeness (QED) is 0.676. The molecule has 1 saturated heterocycles. The summed E-state index contributed by atoms with van der Waals surface area (Å²) in [5.41, 5.74) is 0.0158. The van der Waals surface area contributed by atoms with Crippen molar-refractivity contribution < 1.29 is 5.11 Å². The molecule has 0 spiro atoms. The minimum absolute atomic E-state index is 0.0158. The van der Waals surface area contributed by atoms with E-state index in [0.29, 0.717) is 12.6 Å². The predicted molar refractivity (Wildman–Crippen MR) is 66.5 cm³/mol. The van der Waals surface area contributed by atoms with Gasteiger partial charge in [-0.2, -0.15) is 0 Å². The fraction of sp³-hybridized carbons (Fsp3) is 1.00. The molecule has 3 N–H and O–H groups in total. The predicted octanol–water partition coefficient (Wildman–Crippen LogP) is 1.27. The summed E-state index contributed by atoms with van der Waals surface area (Å²) in [5, 5.41) is 16.8. The second kappa shape index (κ2) is 5.48. The molecular formula is C13H26N2O. The highest BCUT2D eigenvalue weighted by Crippen LogP contribution is 2.31. The third kappa shape index (κ3) is 2.96. The molecule has 2 aliphatic rings. The van der Waals surface area contributed by atoms with Gasteiger partial charge in [0.1, 0.15) is 0 Å². The Labute approximate surface area is 99.0 Å². The highest BCUT2D eigenvalue weighted by Gasteiger charge is 2.34. The van der Waals surface area contributed by atoms with E-state index in [9.17, 15) is 5.11 Å². The van der Waals surface area contributed by atoms with E-state index in [-0.39, 0.29) is 5.54 Å². The summed E-state index contributed by atoms with van der Waals surface area (Å²) < 4.78 is 0. The third-order valence-corrected chi connectivity index (χ3v) is 4.28.